The number of hydrogen-bond acceptors (Lipinski definition) is 2. The van der Waals surface area contributed by atoms with Crippen molar-refractivity contribution in [3.8, 4) is 0 Å². The average molecular weight is 299 g/mol. The van der Waals surface area contributed by atoms with Crippen LogP contribution in [0.1, 0.15) is 11.1 Å². The number of hydrogen-bond donors (Lipinski definition) is 0. The standard InChI is InChI=1S/C12H13ClN3O2S/c1-14-4-5-15(9-14)19(17,18)16-7-10-2-3-12(13)6-11(10)8-16/h2-6,9H,7-8H2,1H3/q+1. The van der Waals surface area contributed by atoms with Gasteiger partial charge in [0, 0.05) is 18.1 Å². The van der Waals surface area contributed by atoms with Crippen LogP contribution in [0.4, 0.5) is 0 Å². The fourth-order valence-electron chi connectivity index (χ4n) is 2.19. The summed E-state index contributed by atoms with van der Waals surface area (Å²) in [7, 11) is -1.73. The smallest absolute Gasteiger partial charge is 0.238 e. The second-order valence-corrected chi connectivity index (χ2v) is 6.87. The van der Waals surface area contributed by atoms with Gasteiger partial charge in [-0.3, -0.25) is 0 Å². The van der Waals surface area contributed by atoms with Gasteiger partial charge in [-0.1, -0.05) is 17.7 Å². The molecule has 1 aromatic carbocycles. The van der Waals surface area contributed by atoms with E-state index < -0.39 is 10.2 Å². The third-order valence-corrected chi connectivity index (χ3v) is 5.09. The number of rotatable bonds is 2. The van der Waals surface area contributed by atoms with E-state index in [4.69, 9.17) is 11.6 Å². The molecule has 19 heavy (non-hydrogen) atoms. The van der Waals surface area contributed by atoms with Crippen LogP contribution in [0.2, 0.25) is 5.02 Å². The van der Waals surface area contributed by atoms with Gasteiger partial charge in [0.15, 0.2) is 0 Å². The van der Waals surface area contributed by atoms with E-state index in [-0.39, 0.29) is 0 Å². The van der Waals surface area contributed by atoms with Crippen molar-refractivity contribution in [2.45, 2.75) is 13.1 Å². The summed E-state index contributed by atoms with van der Waals surface area (Å²) in [5, 5.41) is 0.630. The average Bonchev–Trinajstić information content (AvgIpc) is 2.95. The van der Waals surface area contributed by atoms with E-state index in [2.05, 4.69) is 0 Å². The molecule has 2 aromatic rings. The summed E-state index contributed by atoms with van der Waals surface area (Å²) in [6.07, 6.45) is 4.76. The van der Waals surface area contributed by atoms with Crippen LogP contribution in [0.15, 0.2) is 36.9 Å². The van der Waals surface area contributed by atoms with Crippen LogP contribution in [0.3, 0.4) is 0 Å². The Morgan fingerprint density at radius 3 is 2.68 bits per heavy atom. The van der Waals surface area contributed by atoms with Gasteiger partial charge in [-0.25, -0.2) is 4.57 Å². The summed E-state index contributed by atoms with van der Waals surface area (Å²) < 4.78 is 29.2. The molecule has 100 valence electrons. The molecule has 0 spiro atoms. The molecular formula is C12H13ClN3O2S+. The third-order valence-electron chi connectivity index (χ3n) is 3.20. The van der Waals surface area contributed by atoms with Gasteiger partial charge >= 0.3 is 10.2 Å². The Balaban J connectivity index is 1.94. The van der Waals surface area contributed by atoms with E-state index in [9.17, 15) is 8.42 Å². The van der Waals surface area contributed by atoms with Crippen molar-refractivity contribution >= 4 is 21.8 Å². The highest BCUT2D eigenvalue weighted by Gasteiger charge is 2.33. The molecule has 0 atom stereocenters. The fourth-order valence-corrected chi connectivity index (χ4v) is 3.73. The van der Waals surface area contributed by atoms with E-state index in [1.54, 1.807) is 23.9 Å². The minimum absolute atomic E-state index is 0.361. The predicted octanol–water partition coefficient (Wildman–Crippen LogP) is 1.07. The maximum Gasteiger partial charge on any atom is 0.380 e. The van der Waals surface area contributed by atoms with E-state index in [1.807, 2.05) is 12.1 Å². The first-order chi connectivity index (χ1) is 8.96. The predicted molar refractivity (Wildman–Crippen MR) is 70.6 cm³/mol. The maximum absolute atomic E-state index is 12.4. The normalized spacial score (nSPS) is 15.7. The van der Waals surface area contributed by atoms with Crippen molar-refractivity contribution in [2.75, 3.05) is 0 Å². The number of nitrogens with zero attached hydrogens (tertiary/aromatic N) is 3. The largest absolute Gasteiger partial charge is 0.380 e. The summed E-state index contributed by atoms with van der Waals surface area (Å²) in [6, 6.07) is 5.48. The van der Waals surface area contributed by atoms with Crippen molar-refractivity contribution in [3.05, 3.63) is 53.1 Å². The van der Waals surface area contributed by atoms with Gasteiger partial charge < -0.3 is 0 Å². The molecule has 0 saturated heterocycles. The van der Waals surface area contributed by atoms with Crippen molar-refractivity contribution in [3.63, 3.8) is 0 Å². The molecule has 1 aliphatic heterocycles. The Morgan fingerprint density at radius 2 is 2.00 bits per heavy atom. The van der Waals surface area contributed by atoms with E-state index >= 15 is 0 Å². The topological polar surface area (TPSA) is 46.2 Å². The first kappa shape index (κ1) is 12.7. The molecule has 0 unspecified atom stereocenters. The monoisotopic (exact) mass is 298 g/mol. The zero-order valence-corrected chi connectivity index (χ0v) is 11.9. The highest BCUT2D eigenvalue weighted by molar-refractivity contribution is 7.87. The van der Waals surface area contributed by atoms with E-state index in [1.165, 1.54) is 20.8 Å². The maximum atomic E-state index is 12.4. The minimum Gasteiger partial charge on any atom is -0.238 e. The summed E-state index contributed by atoms with van der Waals surface area (Å²) >= 11 is 5.93. The molecule has 1 aliphatic rings. The number of fused-ring (bicyclic) bond motifs is 1. The van der Waals surface area contributed by atoms with Crippen LogP contribution in [0.5, 0.6) is 0 Å². The first-order valence-corrected chi connectivity index (χ1v) is 7.55. The van der Waals surface area contributed by atoms with Gasteiger partial charge in [-0.15, -0.1) is 3.97 Å². The summed E-state index contributed by atoms with van der Waals surface area (Å²) in [4.78, 5) is 0. The summed E-state index contributed by atoms with van der Waals surface area (Å²) in [6.45, 7) is 0.747. The van der Waals surface area contributed by atoms with Crippen molar-refractivity contribution < 1.29 is 13.0 Å². The van der Waals surface area contributed by atoms with Gasteiger partial charge in [0.2, 0.25) is 0 Å². The molecule has 0 radical (unpaired) electrons. The molecule has 0 saturated carbocycles. The Kier molecular flexibility index (Phi) is 2.88. The van der Waals surface area contributed by atoms with Crippen molar-refractivity contribution in [1.82, 2.24) is 8.28 Å². The molecule has 7 heteroatoms. The molecule has 2 heterocycles. The highest BCUT2D eigenvalue weighted by Crippen LogP contribution is 2.28. The van der Waals surface area contributed by atoms with Crippen molar-refractivity contribution in [2.24, 2.45) is 7.05 Å². The second-order valence-electron chi connectivity index (χ2n) is 4.60. The number of halogens is 1. The van der Waals surface area contributed by atoms with Gasteiger partial charge in [0.05, 0.1) is 7.05 Å². The zero-order valence-electron chi connectivity index (χ0n) is 10.3. The Hall–Kier alpha value is -1.37. The lowest BCUT2D eigenvalue weighted by molar-refractivity contribution is -0.670. The molecule has 0 amide bonds. The molecule has 0 N–H and O–H groups in total. The molecule has 0 bridgehead atoms. The SMILES string of the molecule is C[n+]1ccn(S(=O)(=O)N2Cc3ccc(Cl)cc3C2)c1. The summed E-state index contributed by atoms with van der Waals surface area (Å²) in [5.74, 6) is 0. The Bertz CT molecular complexity index is 739. The molecule has 5 nitrogen and oxygen atoms in total. The molecule has 0 aliphatic carbocycles. The van der Waals surface area contributed by atoms with Crippen LogP contribution in [0, 0.1) is 0 Å². The number of imidazole rings is 1. The van der Waals surface area contributed by atoms with Gasteiger partial charge in [0.25, 0.3) is 6.33 Å². The molecule has 3 rings (SSSR count). The van der Waals surface area contributed by atoms with E-state index in [0.29, 0.717) is 18.1 Å². The van der Waals surface area contributed by atoms with Crippen molar-refractivity contribution in [1.29, 1.82) is 0 Å². The summed E-state index contributed by atoms with van der Waals surface area (Å²) in [5.41, 5.74) is 1.97. The van der Waals surface area contributed by atoms with E-state index in [0.717, 1.165) is 11.1 Å². The first-order valence-electron chi connectivity index (χ1n) is 5.78. The van der Waals surface area contributed by atoms with Gasteiger partial charge in [0.1, 0.15) is 12.4 Å². The van der Waals surface area contributed by atoms with Crippen LogP contribution >= 0.6 is 11.6 Å². The lowest BCUT2D eigenvalue weighted by Crippen LogP contribution is -2.32. The molecule has 0 fully saturated rings. The zero-order chi connectivity index (χ0) is 13.6. The quantitative estimate of drug-likeness (QED) is 0.779. The minimum atomic E-state index is -3.51. The number of aryl methyl sites for hydroxylation is 1. The second kappa shape index (κ2) is 4.33. The number of aromatic nitrogens is 2. The highest BCUT2D eigenvalue weighted by atomic mass is 35.5. The number of benzene rings is 1. The van der Waals surface area contributed by atoms with Crippen LogP contribution in [-0.2, 0) is 30.3 Å². The van der Waals surface area contributed by atoms with Crippen LogP contribution < -0.4 is 4.57 Å². The molecular weight excluding hydrogens is 286 g/mol. The Labute approximate surface area is 116 Å². The van der Waals surface area contributed by atoms with Crippen LogP contribution in [0.25, 0.3) is 0 Å². The third kappa shape index (κ3) is 2.16. The van der Waals surface area contributed by atoms with Gasteiger partial charge in [-0.05, 0) is 23.3 Å². The molecule has 1 aromatic heterocycles. The fraction of sp³-hybridized carbons (Fsp3) is 0.250. The lowest BCUT2D eigenvalue weighted by atomic mass is 10.1. The lowest BCUT2D eigenvalue weighted by Gasteiger charge is -2.11. The Morgan fingerprint density at radius 1 is 1.26 bits per heavy atom. The van der Waals surface area contributed by atoms with Crippen LogP contribution in [-0.4, -0.2) is 16.7 Å². The van der Waals surface area contributed by atoms with Gasteiger partial charge in [-0.2, -0.15) is 12.7 Å².